The van der Waals surface area contributed by atoms with Gasteiger partial charge in [-0.1, -0.05) is 11.6 Å². The number of esters is 1. The quantitative estimate of drug-likeness (QED) is 0.391. The van der Waals surface area contributed by atoms with Gasteiger partial charge in [0.05, 0.1) is 27.0 Å². The maximum absolute atomic E-state index is 12.5. The second-order valence-corrected chi connectivity index (χ2v) is 9.22. The third-order valence-corrected chi connectivity index (χ3v) is 6.60. The van der Waals surface area contributed by atoms with E-state index in [0.717, 1.165) is 31.0 Å². The van der Waals surface area contributed by atoms with E-state index >= 15 is 0 Å². The van der Waals surface area contributed by atoms with Gasteiger partial charge in [0, 0.05) is 24.2 Å². The largest absolute Gasteiger partial charge is 0.452 e. The predicted octanol–water partition coefficient (Wildman–Crippen LogP) is 1.58. The van der Waals surface area contributed by atoms with Gasteiger partial charge in [0.15, 0.2) is 16.4 Å². The summed E-state index contributed by atoms with van der Waals surface area (Å²) in [7, 11) is -3.14. The van der Waals surface area contributed by atoms with Crippen molar-refractivity contribution in [3.05, 3.63) is 38.9 Å². The monoisotopic (exact) mass is 416 g/mol. The van der Waals surface area contributed by atoms with E-state index in [0.29, 0.717) is 6.42 Å². The van der Waals surface area contributed by atoms with Gasteiger partial charge in [-0.25, -0.2) is 13.2 Å². The fourth-order valence-electron chi connectivity index (χ4n) is 3.12. The highest BCUT2D eigenvalue weighted by molar-refractivity contribution is 7.91. The van der Waals surface area contributed by atoms with Gasteiger partial charge in [-0.05, 0) is 25.3 Å². The summed E-state index contributed by atoms with van der Waals surface area (Å²) >= 11 is 5.87. The number of hydrogen-bond acceptors (Lipinski definition) is 7. The summed E-state index contributed by atoms with van der Waals surface area (Å²) in [5.74, 6) is -1.35. The van der Waals surface area contributed by atoms with Gasteiger partial charge >= 0.3 is 5.97 Å². The van der Waals surface area contributed by atoms with Crippen molar-refractivity contribution in [2.24, 2.45) is 0 Å². The number of carbonyl (C=O) groups excluding carboxylic acids is 2. The molecule has 1 atom stereocenters. The molecule has 1 aromatic carbocycles. The van der Waals surface area contributed by atoms with Crippen LogP contribution >= 0.6 is 11.6 Å². The molecule has 1 aromatic rings. The standard InChI is InChI=1S/C16H17ClN2O7S/c17-14-7-11(19(22)23)3-4-13(14)16(21)26-8-15(20)18(10-1-2-10)12-5-6-27(24,25)9-12/h3-4,7,10,12H,1-2,5-6,8-9H2/t12-/m0/s1. The summed E-state index contributed by atoms with van der Waals surface area (Å²) in [5.41, 5.74) is -0.355. The fraction of sp³-hybridized carbons (Fsp3) is 0.500. The average molecular weight is 417 g/mol. The van der Waals surface area contributed by atoms with Crippen molar-refractivity contribution < 1.29 is 27.7 Å². The van der Waals surface area contributed by atoms with E-state index in [1.165, 1.54) is 4.90 Å². The van der Waals surface area contributed by atoms with Crippen LogP contribution in [0.1, 0.15) is 29.6 Å². The highest BCUT2D eigenvalue weighted by Gasteiger charge is 2.42. The van der Waals surface area contributed by atoms with E-state index in [-0.39, 0.29) is 33.8 Å². The first kappa shape index (κ1) is 19.6. The van der Waals surface area contributed by atoms with Crippen LogP contribution in [0.25, 0.3) is 0 Å². The molecule has 0 unspecified atom stereocenters. The first-order valence-electron chi connectivity index (χ1n) is 8.30. The number of non-ortho nitro benzene ring substituents is 1. The van der Waals surface area contributed by atoms with Crippen LogP contribution in [0, 0.1) is 10.1 Å². The number of sulfone groups is 1. The molecular formula is C16H17ClN2O7S. The zero-order chi connectivity index (χ0) is 19.8. The van der Waals surface area contributed by atoms with E-state index in [2.05, 4.69) is 0 Å². The molecule has 1 saturated heterocycles. The number of ether oxygens (including phenoxy) is 1. The molecule has 1 saturated carbocycles. The zero-order valence-corrected chi connectivity index (χ0v) is 15.7. The minimum Gasteiger partial charge on any atom is -0.452 e. The molecule has 1 aliphatic carbocycles. The maximum atomic E-state index is 12.5. The van der Waals surface area contributed by atoms with Crippen LogP contribution < -0.4 is 0 Å². The molecule has 1 aliphatic heterocycles. The van der Waals surface area contributed by atoms with Gasteiger partial charge in [-0.15, -0.1) is 0 Å². The number of rotatable bonds is 6. The Bertz CT molecular complexity index is 898. The Kier molecular flexibility index (Phi) is 5.38. The molecule has 2 fully saturated rings. The number of benzene rings is 1. The molecule has 11 heteroatoms. The number of carbonyl (C=O) groups is 2. The van der Waals surface area contributed by atoms with Crippen molar-refractivity contribution in [2.45, 2.75) is 31.3 Å². The third kappa shape index (κ3) is 4.56. The van der Waals surface area contributed by atoms with Gasteiger partial charge in [-0.2, -0.15) is 0 Å². The van der Waals surface area contributed by atoms with E-state index < -0.39 is 39.3 Å². The topological polar surface area (TPSA) is 124 Å². The van der Waals surface area contributed by atoms with Gasteiger partial charge in [-0.3, -0.25) is 14.9 Å². The number of halogens is 1. The maximum Gasteiger partial charge on any atom is 0.340 e. The highest BCUT2D eigenvalue weighted by Crippen LogP contribution is 2.32. The average Bonchev–Trinajstić information content (AvgIpc) is 3.35. The van der Waals surface area contributed by atoms with E-state index in [1.54, 1.807) is 0 Å². The van der Waals surface area contributed by atoms with Gasteiger partial charge < -0.3 is 9.64 Å². The minimum absolute atomic E-state index is 0.0162. The summed E-state index contributed by atoms with van der Waals surface area (Å²) in [6.07, 6.45) is 1.97. The van der Waals surface area contributed by atoms with Gasteiger partial charge in [0.25, 0.3) is 11.6 Å². The molecule has 0 spiro atoms. The lowest BCUT2D eigenvalue weighted by Gasteiger charge is -2.28. The smallest absolute Gasteiger partial charge is 0.340 e. The molecule has 0 bridgehead atoms. The summed E-state index contributed by atoms with van der Waals surface area (Å²) in [5, 5.41) is 10.6. The van der Waals surface area contributed by atoms with Crippen molar-refractivity contribution in [1.82, 2.24) is 4.90 Å². The number of hydrogen-bond donors (Lipinski definition) is 0. The predicted molar refractivity (Wildman–Crippen MR) is 95.3 cm³/mol. The molecule has 3 rings (SSSR count). The first-order valence-corrected chi connectivity index (χ1v) is 10.5. The summed E-state index contributed by atoms with van der Waals surface area (Å²) < 4.78 is 28.4. The Labute approximate surface area is 160 Å². The molecule has 2 aliphatic rings. The minimum atomic E-state index is -3.14. The van der Waals surface area contributed by atoms with E-state index in [4.69, 9.17) is 16.3 Å². The summed E-state index contributed by atoms with van der Waals surface area (Å²) in [6.45, 7) is -0.542. The van der Waals surface area contributed by atoms with Crippen molar-refractivity contribution in [3.8, 4) is 0 Å². The van der Waals surface area contributed by atoms with Crippen LogP contribution in [0.5, 0.6) is 0 Å². The second kappa shape index (κ2) is 7.43. The number of nitro benzene ring substituents is 1. The lowest BCUT2D eigenvalue weighted by Crippen LogP contribution is -2.44. The Balaban J connectivity index is 1.64. The molecular weight excluding hydrogens is 400 g/mol. The van der Waals surface area contributed by atoms with Crippen molar-refractivity contribution >= 4 is 39.0 Å². The van der Waals surface area contributed by atoms with E-state index in [9.17, 15) is 28.1 Å². The zero-order valence-electron chi connectivity index (χ0n) is 14.2. The Morgan fingerprint density at radius 3 is 2.48 bits per heavy atom. The third-order valence-electron chi connectivity index (χ3n) is 4.54. The first-order chi connectivity index (χ1) is 12.7. The van der Waals surface area contributed by atoms with Crippen LogP contribution in [0.2, 0.25) is 5.02 Å². The molecule has 146 valence electrons. The van der Waals surface area contributed by atoms with Crippen LogP contribution in [0.3, 0.4) is 0 Å². The molecule has 1 amide bonds. The lowest BCUT2D eigenvalue weighted by atomic mass is 10.2. The van der Waals surface area contributed by atoms with Gasteiger partial charge in [0.2, 0.25) is 0 Å². The Morgan fingerprint density at radius 1 is 1.26 bits per heavy atom. The SMILES string of the molecule is O=C(OCC(=O)N(C1CC1)[C@H]1CCS(=O)(=O)C1)c1ccc([N+](=O)[O-])cc1Cl. The summed E-state index contributed by atoms with van der Waals surface area (Å²) in [4.78, 5) is 36.2. The number of nitro groups is 1. The normalized spacial score (nSPS) is 20.9. The molecule has 27 heavy (non-hydrogen) atoms. The van der Waals surface area contributed by atoms with Crippen LogP contribution in [0.4, 0.5) is 5.69 Å². The fourth-order valence-corrected chi connectivity index (χ4v) is 5.08. The van der Waals surface area contributed by atoms with Crippen molar-refractivity contribution in [1.29, 1.82) is 0 Å². The van der Waals surface area contributed by atoms with Gasteiger partial charge in [0.1, 0.15) is 0 Å². The molecule has 0 N–H and O–H groups in total. The second-order valence-electron chi connectivity index (χ2n) is 6.59. The van der Waals surface area contributed by atoms with Crippen LogP contribution in [-0.2, 0) is 19.4 Å². The number of nitrogens with zero attached hydrogens (tertiary/aromatic N) is 2. The molecule has 0 radical (unpaired) electrons. The lowest BCUT2D eigenvalue weighted by molar-refractivity contribution is -0.384. The van der Waals surface area contributed by atoms with Crippen LogP contribution in [-0.4, -0.2) is 60.3 Å². The van der Waals surface area contributed by atoms with Crippen molar-refractivity contribution in [3.63, 3.8) is 0 Å². The number of amides is 1. The Hall–Kier alpha value is -2.20. The van der Waals surface area contributed by atoms with Crippen LogP contribution in [0.15, 0.2) is 18.2 Å². The Morgan fingerprint density at radius 2 is 1.96 bits per heavy atom. The molecule has 1 heterocycles. The van der Waals surface area contributed by atoms with Crippen molar-refractivity contribution in [2.75, 3.05) is 18.1 Å². The van der Waals surface area contributed by atoms with E-state index in [1.807, 2.05) is 0 Å². The summed E-state index contributed by atoms with van der Waals surface area (Å²) in [6, 6.07) is 2.90. The highest BCUT2D eigenvalue weighted by atomic mass is 35.5. The molecule has 9 nitrogen and oxygen atoms in total. The molecule has 0 aromatic heterocycles.